The number of hydrogen-bond donors (Lipinski definition) is 2. The Bertz CT molecular complexity index is 728. The van der Waals surface area contributed by atoms with Crippen LogP contribution in [0.5, 0.6) is 0 Å². The summed E-state index contributed by atoms with van der Waals surface area (Å²) < 4.78 is 13.5. The van der Waals surface area contributed by atoms with Gasteiger partial charge in [-0.1, -0.05) is 12.1 Å². The predicted octanol–water partition coefficient (Wildman–Crippen LogP) is 3.36. The number of nitrogens with zero attached hydrogens (tertiary/aromatic N) is 1. The molecule has 0 heterocycles. The molecule has 2 aromatic rings. The first-order valence-corrected chi connectivity index (χ1v) is 8.22. The molecule has 0 fully saturated rings. The van der Waals surface area contributed by atoms with Crippen molar-refractivity contribution in [2.75, 3.05) is 30.3 Å². The van der Waals surface area contributed by atoms with Crippen LogP contribution in [0.2, 0.25) is 0 Å². The van der Waals surface area contributed by atoms with E-state index in [0.29, 0.717) is 24.3 Å². The zero-order valence-electron chi connectivity index (χ0n) is 14.4. The smallest absolute Gasteiger partial charge is 0.253 e. The molecule has 25 heavy (non-hydrogen) atoms. The Morgan fingerprint density at radius 1 is 1.00 bits per heavy atom. The zero-order valence-corrected chi connectivity index (χ0v) is 14.4. The lowest BCUT2D eigenvalue weighted by atomic mass is 10.1. The van der Waals surface area contributed by atoms with Crippen molar-refractivity contribution in [1.29, 1.82) is 0 Å². The van der Waals surface area contributed by atoms with Crippen molar-refractivity contribution in [3.8, 4) is 0 Å². The molecule has 2 N–H and O–H groups in total. The summed E-state index contributed by atoms with van der Waals surface area (Å²) >= 11 is 0. The van der Waals surface area contributed by atoms with Gasteiger partial charge in [0.2, 0.25) is 5.91 Å². The number of anilines is 2. The molecule has 0 aliphatic carbocycles. The molecule has 132 valence electrons. The summed E-state index contributed by atoms with van der Waals surface area (Å²) in [5, 5.41) is 5.45. The van der Waals surface area contributed by atoms with Gasteiger partial charge in [-0.05, 0) is 50.2 Å². The second-order valence-corrected chi connectivity index (χ2v) is 5.44. The van der Waals surface area contributed by atoms with Crippen molar-refractivity contribution in [3.63, 3.8) is 0 Å². The van der Waals surface area contributed by atoms with Crippen molar-refractivity contribution in [1.82, 2.24) is 4.90 Å². The highest BCUT2D eigenvalue weighted by Crippen LogP contribution is 2.13. The van der Waals surface area contributed by atoms with Crippen molar-refractivity contribution < 1.29 is 14.0 Å². The number of rotatable bonds is 7. The van der Waals surface area contributed by atoms with Crippen LogP contribution in [0.25, 0.3) is 0 Å². The molecule has 6 heteroatoms. The Kier molecular flexibility index (Phi) is 6.51. The average Bonchev–Trinajstić information content (AvgIpc) is 2.62. The van der Waals surface area contributed by atoms with Gasteiger partial charge in [0.1, 0.15) is 5.82 Å². The number of hydrogen-bond acceptors (Lipinski definition) is 3. The lowest BCUT2D eigenvalue weighted by molar-refractivity contribution is -0.114. The van der Waals surface area contributed by atoms with Gasteiger partial charge in [-0.2, -0.15) is 0 Å². The number of halogens is 1. The Labute approximate surface area is 146 Å². The monoisotopic (exact) mass is 343 g/mol. The predicted molar refractivity (Wildman–Crippen MR) is 97.2 cm³/mol. The fraction of sp³-hybridized carbons (Fsp3) is 0.263. The van der Waals surface area contributed by atoms with E-state index in [1.54, 1.807) is 47.4 Å². The molecule has 0 spiro atoms. The average molecular weight is 343 g/mol. The SMILES string of the molecule is CCN(CC)C(=O)c1ccc(NC(=O)CNc2ccccc2F)cc1. The molecule has 0 atom stereocenters. The van der Waals surface area contributed by atoms with Crippen LogP contribution in [0.4, 0.5) is 15.8 Å². The van der Waals surface area contributed by atoms with E-state index in [9.17, 15) is 14.0 Å². The third kappa shape index (κ3) is 5.04. The number of benzene rings is 2. The largest absolute Gasteiger partial charge is 0.374 e. The van der Waals surface area contributed by atoms with E-state index in [1.165, 1.54) is 6.07 Å². The van der Waals surface area contributed by atoms with E-state index in [4.69, 9.17) is 0 Å². The van der Waals surface area contributed by atoms with Gasteiger partial charge in [0.15, 0.2) is 0 Å². The molecular weight excluding hydrogens is 321 g/mol. The molecule has 0 unspecified atom stereocenters. The maximum Gasteiger partial charge on any atom is 0.253 e. The van der Waals surface area contributed by atoms with Crippen LogP contribution in [0.15, 0.2) is 48.5 Å². The minimum absolute atomic E-state index is 0.0379. The lowest BCUT2D eigenvalue weighted by Crippen LogP contribution is -2.30. The second kappa shape index (κ2) is 8.82. The topological polar surface area (TPSA) is 61.4 Å². The van der Waals surface area contributed by atoms with Crippen LogP contribution in [0, 0.1) is 5.82 Å². The maximum atomic E-state index is 13.5. The highest BCUT2D eigenvalue weighted by Gasteiger charge is 2.12. The quantitative estimate of drug-likeness (QED) is 0.810. The third-order valence-corrected chi connectivity index (χ3v) is 3.78. The molecule has 2 amide bonds. The molecule has 0 bridgehead atoms. The van der Waals surface area contributed by atoms with Gasteiger partial charge in [0.25, 0.3) is 5.91 Å². The summed E-state index contributed by atoms with van der Waals surface area (Å²) in [6.45, 7) is 5.10. The summed E-state index contributed by atoms with van der Waals surface area (Å²) in [5.74, 6) is -0.746. The zero-order chi connectivity index (χ0) is 18.2. The molecule has 0 saturated carbocycles. The van der Waals surface area contributed by atoms with Crippen LogP contribution in [-0.4, -0.2) is 36.3 Å². The Morgan fingerprint density at radius 2 is 1.64 bits per heavy atom. The van der Waals surface area contributed by atoms with Gasteiger partial charge in [-0.15, -0.1) is 0 Å². The van der Waals surface area contributed by atoms with Gasteiger partial charge in [0, 0.05) is 24.3 Å². The van der Waals surface area contributed by atoms with Crippen LogP contribution in [0.1, 0.15) is 24.2 Å². The van der Waals surface area contributed by atoms with E-state index in [2.05, 4.69) is 10.6 Å². The van der Waals surface area contributed by atoms with E-state index >= 15 is 0 Å². The highest BCUT2D eigenvalue weighted by atomic mass is 19.1. The van der Waals surface area contributed by atoms with Crippen molar-refractivity contribution in [2.45, 2.75) is 13.8 Å². The molecule has 2 rings (SSSR count). The third-order valence-electron chi connectivity index (χ3n) is 3.78. The number of para-hydroxylation sites is 1. The number of nitrogens with one attached hydrogen (secondary N) is 2. The molecule has 0 aliphatic rings. The van der Waals surface area contributed by atoms with Gasteiger partial charge in [-0.3, -0.25) is 9.59 Å². The van der Waals surface area contributed by atoms with Crippen molar-refractivity contribution in [2.24, 2.45) is 0 Å². The summed E-state index contributed by atoms with van der Waals surface area (Å²) in [7, 11) is 0. The van der Waals surface area contributed by atoms with Crippen LogP contribution in [-0.2, 0) is 4.79 Å². The molecule has 0 radical (unpaired) electrons. The first-order valence-electron chi connectivity index (χ1n) is 8.22. The Balaban J connectivity index is 1.91. The first-order chi connectivity index (χ1) is 12.0. The van der Waals surface area contributed by atoms with Crippen molar-refractivity contribution >= 4 is 23.2 Å². The maximum absolute atomic E-state index is 13.5. The fourth-order valence-corrected chi connectivity index (χ4v) is 2.37. The van der Waals surface area contributed by atoms with Crippen LogP contribution >= 0.6 is 0 Å². The van der Waals surface area contributed by atoms with E-state index < -0.39 is 5.82 Å². The molecule has 5 nitrogen and oxygen atoms in total. The standard InChI is InChI=1S/C19H22FN3O2/c1-3-23(4-2)19(25)14-9-11-15(12-10-14)22-18(24)13-21-17-8-6-5-7-16(17)20/h5-12,21H,3-4,13H2,1-2H3,(H,22,24). The highest BCUT2D eigenvalue weighted by molar-refractivity contribution is 5.96. The van der Waals surface area contributed by atoms with Crippen molar-refractivity contribution in [3.05, 3.63) is 59.9 Å². The van der Waals surface area contributed by atoms with E-state index in [1.807, 2.05) is 13.8 Å². The summed E-state index contributed by atoms with van der Waals surface area (Å²) in [5.41, 5.74) is 1.43. The number of amides is 2. The fourth-order valence-electron chi connectivity index (χ4n) is 2.37. The first kappa shape index (κ1) is 18.4. The molecule has 2 aromatic carbocycles. The molecular formula is C19H22FN3O2. The molecule has 0 aliphatic heterocycles. The van der Waals surface area contributed by atoms with E-state index in [0.717, 1.165) is 0 Å². The van der Waals surface area contributed by atoms with Crippen LogP contribution in [0.3, 0.4) is 0 Å². The normalized spacial score (nSPS) is 10.2. The second-order valence-electron chi connectivity index (χ2n) is 5.44. The molecule has 0 saturated heterocycles. The Morgan fingerprint density at radius 3 is 2.24 bits per heavy atom. The minimum Gasteiger partial charge on any atom is -0.374 e. The van der Waals surface area contributed by atoms with Gasteiger partial charge >= 0.3 is 0 Å². The summed E-state index contributed by atoms with van der Waals surface area (Å²) in [6.07, 6.45) is 0. The van der Waals surface area contributed by atoms with Gasteiger partial charge in [-0.25, -0.2) is 4.39 Å². The minimum atomic E-state index is -0.408. The number of carbonyl (C=O) groups is 2. The van der Waals surface area contributed by atoms with E-state index in [-0.39, 0.29) is 24.0 Å². The lowest BCUT2D eigenvalue weighted by Gasteiger charge is -2.18. The number of carbonyl (C=O) groups excluding carboxylic acids is 2. The van der Waals surface area contributed by atoms with Gasteiger partial charge in [0.05, 0.1) is 12.2 Å². The van der Waals surface area contributed by atoms with Crippen LogP contribution < -0.4 is 10.6 Å². The summed E-state index contributed by atoms with van der Waals surface area (Å²) in [6, 6.07) is 12.9. The molecule has 0 aromatic heterocycles. The summed E-state index contributed by atoms with van der Waals surface area (Å²) in [4.78, 5) is 25.9. The Hall–Kier alpha value is -2.89. The van der Waals surface area contributed by atoms with Gasteiger partial charge < -0.3 is 15.5 Å².